The van der Waals surface area contributed by atoms with Gasteiger partial charge in [-0.25, -0.2) is 4.79 Å². The van der Waals surface area contributed by atoms with Gasteiger partial charge in [0.15, 0.2) is 5.78 Å². The maximum Gasteiger partial charge on any atom is 0.407 e. The van der Waals surface area contributed by atoms with E-state index < -0.39 is 18.3 Å². The maximum absolute atomic E-state index is 12.1. The highest BCUT2D eigenvalue weighted by molar-refractivity contribution is 6.03. The number of H-pyrrole nitrogens is 1. The van der Waals surface area contributed by atoms with Gasteiger partial charge in [-0.15, -0.1) is 0 Å². The van der Waals surface area contributed by atoms with Crippen LogP contribution in [0.4, 0.5) is 4.79 Å². The summed E-state index contributed by atoms with van der Waals surface area (Å²) in [6, 6.07) is 14.7. The van der Waals surface area contributed by atoms with Gasteiger partial charge in [0.25, 0.3) is 0 Å². The number of aliphatic hydroxyl groups excluding tert-OH is 2. The Labute approximate surface area is 180 Å². The van der Waals surface area contributed by atoms with E-state index in [0.29, 0.717) is 17.7 Å². The van der Waals surface area contributed by atoms with Crippen LogP contribution in [0.15, 0.2) is 48.5 Å². The van der Waals surface area contributed by atoms with E-state index in [1.165, 1.54) is 0 Å². The van der Waals surface area contributed by atoms with E-state index in [0.717, 1.165) is 34.9 Å². The summed E-state index contributed by atoms with van der Waals surface area (Å²) in [6.45, 7) is 0.337. The molecule has 2 unspecified atom stereocenters. The van der Waals surface area contributed by atoms with Gasteiger partial charge in [0.1, 0.15) is 12.7 Å². The Hall–Kier alpha value is -3.16. The van der Waals surface area contributed by atoms with E-state index in [4.69, 9.17) is 4.74 Å². The molecule has 0 saturated carbocycles. The monoisotopic (exact) mass is 422 g/mol. The first-order valence-electron chi connectivity index (χ1n) is 10.5. The molecule has 2 atom stereocenters. The minimum absolute atomic E-state index is 0.116. The van der Waals surface area contributed by atoms with Gasteiger partial charge in [-0.2, -0.15) is 0 Å². The van der Waals surface area contributed by atoms with Crippen molar-refractivity contribution in [3.8, 4) is 0 Å². The van der Waals surface area contributed by atoms with Crippen LogP contribution in [0.5, 0.6) is 0 Å². The first-order valence-corrected chi connectivity index (χ1v) is 10.5. The summed E-state index contributed by atoms with van der Waals surface area (Å²) in [5.41, 5.74) is 3.96. The van der Waals surface area contributed by atoms with Crippen molar-refractivity contribution in [1.29, 1.82) is 0 Å². The minimum Gasteiger partial charge on any atom is -0.445 e. The quantitative estimate of drug-likeness (QED) is 0.466. The number of ketones is 1. The number of benzene rings is 2. The molecular formula is C24H26N2O5. The summed E-state index contributed by atoms with van der Waals surface area (Å²) in [7, 11) is 0. The van der Waals surface area contributed by atoms with Gasteiger partial charge in [0.2, 0.25) is 0 Å². The summed E-state index contributed by atoms with van der Waals surface area (Å²) < 4.78 is 5.13. The third kappa shape index (κ3) is 4.78. The third-order valence-electron chi connectivity index (χ3n) is 5.67. The molecule has 3 aromatic rings. The summed E-state index contributed by atoms with van der Waals surface area (Å²) in [6.07, 6.45) is -0.369. The molecule has 162 valence electrons. The number of amides is 1. The molecule has 1 aromatic heterocycles. The van der Waals surface area contributed by atoms with Gasteiger partial charge in [-0.05, 0) is 48.1 Å². The highest BCUT2D eigenvalue weighted by Crippen LogP contribution is 2.31. The van der Waals surface area contributed by atoms with Crippen LogP contribution in [0.1, 0.15) is 52.5 Å². The summed E-state index contributed by atoms with van der Waals surface area (Å²) in [4.78, 5) is 27.1. The molecule has 2 aromatic carbocycles. The fourth-order valence-electron chi connectivity index (χ4n) is 3.97. The van der Waals surface area contributed by atoms with Crippen molar-refractivity contribution in [3.05, 3.63) is 70.9 Å². The average molecular weight is 422 g/mol. The molecule has 4 N–H and O–H groups in total. The molecule has 1 amide bonds. The van der Waals surface area contributed by atoms with E-state index in [1.807, 2.05) is 42.5 Å². The lowest BCUT2D eigenvalue weighted by atomic mass is 9.93. The smallest absolute Gasteiger partial charge is 0.407 e. The number of fused-ring (bicyclic) bond motifs is 3. The molecule has 1 heterocycles. The number of aliphatic hydroxyl groups is 2. The van der Waals surface area contributed by atoms with Crippen LogP contribution < -0.4 is 5.32 Å². The van der Waals surface area contributed by atoms with Gasteiger partial charge in [0.05, 0.1) is 11.8 Å². The summed E-state index contributed by atoms with van der Waals surface area (Å²) in [5.74, 6) is 0.116. The van der Waals surface area contributed by atoms with Crippen LogP contribution in [-0.4, -0.2) is 39.7 Å². The number of nitrogens with one attached hydrogen (secondary N) is 2. The van der Waals surface area contributed by atoms with Crippen molar-refractivity contribution < 1.29 is 24.5 Å². The molecule has 0 spiro atoms. The van der Waals surface area contributed by atoms with Crippen LogP contribution >= 0.6 is 0 Å². The molecule has 0 radical (unpaired) electrons. The standard InChI is InChI=1S/C24H26N2O5/c27-20-8-4-7-17-18-13-16(9-10-19(18)26-22(17)20)23(29)21(28)11-12-25-24(30)31-14-15-5-2-1-3-6-15/h1-3,5-6,9-10,13,21,23,26,28-29H,4,7-8,11-12,14H2,(H,25,30). The van der Waals surface area contributed by atoms with Crippen LogP contribution in [0.3, 0.4) is 0 Å². The van der Waals surface area contributed by atoms with E-state index in [2.05, 4.69) is 10.3 Å². The number of aromatic amines is 1. The highest BCUT2D eigenvalue weighted by Gasteiger charge is 2.24. The lowest BCUT2D eigenvalue weighted by Gasteiger charge is -2.19. The zero-order valence-electron chi connectivity index (χ0n) is 17.1. The SMILES string of the molecule is O=C(NCCC(O)C(O)c1ccc2[nH]c3c(c2c1)CCCC3=O)OCc1ccccc1. The Morgan fingerprint density at radius 1 is 1.13 bits per heavy atom. The number of carbonyl (C=O) groups is 2. The number of carbonyl (C=O) groups excluding carboxylic acids is 2. The molecule has 0 bridgehead atoms. The van der Waals surface area contributed by atoms with Gasteiger partial charge in [-0.3, -0.25) is 4.79 Å². The van der Waals surface area contributed by atoms with E-state index in [-0.39, 0.29) is 25.4 Å². The van der Waals surface area contributed by atoms with E-state index in [9.17, 15) is 19.8 Å². The second-order valence-electron chi connectivity index (χ2n) is 7.85. The largest absolute Gasteiger partial charge is 0.445 e. The van der Waals surface area contributed by atoms with Crippen LogP contribution in [0.2, 0.25) is 0 Å². The second kappa shape index (κ2) is 9.32. The first-order chi connectivity index (χ1) is 15.0. The predicted octanol–water partition coefficient (Wildman–Crippen LogP) is 3.40. The zero-order chi connectivity index (χ0) is 21.8. The fourth-order valence-corrected chi connectivity index (χ4v) is 3.97. The Bertz CT molecular complexity index is 1080. The molecule has 0 fully saturated rings. The predicted molar refractivity (Wildman–Crippen MR) is 116 cm³/mol. The Kier molecular flexibility index (Phi) is 6.34. The number of rotatable bonds is 7. The van der Waals surface area contributed by atoms with Crippen LogP contribution in [-0.2, 0) is 17.8 Å². The Morgan fingerprint density at radius 3 is 2.74 bits per heavy atom. The summed E-state index contributed by atoms with van der Waals surface area (Å²) >= 11 is 0. The second-order valence-corrected chi connectivity index (χ2v) is 7.85. The van der Waals surface area contributed by atoms with Gasteiger partial charge in [-0.1, -0.05) is 36.4 Å². The van der Waals surface area contributed by atoms with Crippen LogP contribution in [0, 0.1) is 0 Å². The lowest BCUT2D eigenvalue weighted by molar-refractivity contribution is 0.0137. The molecule has 31 heavy (non-hydrogen) atoms. The maximum atomic E-state index is 12.1. The molecular weight excluding hydrogens is 396 g/mol. The zero-order valence-corrected chi connectivity index (χ0v) is 17.1. The normalized spacial score (nSPS) is 15.4. The molecule has 0 aliphatic heterocycles. The third-order valence-corrected chi connectivity index (χ3v) is 5.67. The average Bonchev–Trinajstić information content (AvgIpc) is 3.17. The number of aryl methyl sites for hydroxylation is 1. The van der Waals surface area contributed by atoms with E-state index >= 15 is 0 Å². The van der Waals surface area contributed by atoms with E-state index in [1.54, 1.807) is 6.07 Å². The lowest BCUT2D eigenvalue weighted by Crippen LogP contribution is -2.29. The molecule has 4 rings (SSSR count). The number of hydrogen-bond donors (Lipinski definition) is 4. The van der Waals surface area contributed by atoms with Crippen molar-refractivity contribution in [2.45, 2.75) is 44.5 Å². The molecule has 7 heteroatoms. The van der Waals surface area contributed by atoms with Crippen molar-refractivity contribution in [3.63, 3.8) is 0 Å². The fraction of sp³-hybridized carbons (Fsp3) is 0.333. The first kappa shape index (κ1) is 21.1. The molecule has 7 nitrogen and oxygen atoms in total. The minimum atomic E-state index is -1.10. The number of Topliss-reactive ketones (excluding diaryl/α,β-unsaturated/α-hetero) is 1. The number of alkyl carbamates (subject to hydrolysis) is 1. The number of hydrogen-bond acceptors (Lipinski definition) is 5. The van der Waals surface area contributed by atoms with Crippen molar-refractivity contribution in [2.24, 2.45) is 0 Å². The topological polar surface area (TPSA) is 112 Å². The van der Waals surface area contributed by atoms with Gasteiger partial charge >= 0.3 is 6.09 Å². The Balaban J connectivity index is 1.31. The van der Waals surface area contributed by atoms with Gasteiger partial charge in [0, 0.05) is 23.9 Å². The summed E-state index contributed by atoms with van der Waals surface area (Å²) in [5, 5.41) is 24.5. The van der Waals surface area contributed by atoms with Crippen molar-refractivity contribution >= 4 is 22.8 Å². The molecule has 1 aliphatic carbocycles. The molecule has 1 aliphatic rings. The molecule has 0 saturated heterocycles. The number of aromatic nitrogens is 1. The Morgan fingerprint density at radius 2 is 1.94 bits per heavy atom. The van der Waals surface area contributed by atoms with Crippen LogP contribution in [0.25, 0.3) is 10.9 Å². The van der Waals surface area contributed by atoms with Gasteiger partial charge < -0.3 is 25.3 Å². The highest BCUT2D eigenvalue weighted by atomic mass is 16.5. The van der Waals surface area contributed by atoms with Crippen molar-refractivity contribution in [1.82, 2.24) is 10.3 Å². The number of ether oxygens (including phenoxy) is 1. The van der Waals surface area contributed by atoms with Crippen molar-refractivity contribution in [2.75, 3.05) is 6.54 Å².